The molecule has 210 valence electrons. The van der Waals surface area contributed by atoms with E-state index < -0.39 is 0 Å². The van der Waals surface area contributed by atoms with Gasteiger partial charge in [0.1, 0.15) is 6.61 Å². The fraction of sp³-hybridized carbons (Fsp3) is 0.370. The third-order valence-electron chi connectivity index (χ3n) is 6.07. The van der Waals surface area contributed by atoms with Crippen LogP contribution in [0.25, 0.3) is 17.0 Å². The lowest BCUT2D eigenvalue weighted by molar-refractivity contribution is 0.0322. The minimum atomic E-state index is 0.157. The Kier molecular flexibility index (Phi) is 11.0. The number of ether oxygens (including phenoxy) is 3. The van der Waals surface area contributed by atoms with Crippen molar-refractivity contribution in [2.75, 3.05) is 65.0 Å². The second kappa shape index (κ2) is 15.3. The third-order valence-corrected chi connectivity index (χ3v) is 6.07. The molecule has 40 heavy (non-hydrogen) atoms. The van der Waals surface area contributed by atoms with Crippen LogP contribution in [0.3, 0.4) is 0 Å². The van der Waals surface area contributed by atoms with Gasteiger partial charge in [-0.05, 0) is 11.6 Å². The van der Waals surface area contributed by atoms with E-state index in [1.807, 2.05) is 24.3 Å². The van der Waals surface area contributed by atoms with Crippen LogP contribution in [0.4, 0.5) is 11.6 Å². The van der Waals surface area contributed by atoms with Crippen LogP contribution in [0.1, 0.15) is 11.3 Å². The first-order chi connectivity index (χ1) is 19.7. The molecule has 2 aromatic heterocycles. The zero-order valence-corrected chi connectivity index (χ0v) is 22.5. The molecule has 0 amide bonds. The largest absolute Gasteiger partial charge is 0.489 e. The number of nitrogens with zero attached hydrogens (tertiary/aromatic N) is 6. The van der Waals surface area contributed by atoms with Crippen molar-refractivity contribution in [3.8, 4) is 17.1 Å². The fourth-order valence-electron chi connectivity index (χ4n) is 3.92. The summed E-state index contributed by atoms with van der Waals surface area (Å²) >= 11 is 0. The van der Waals surface area contributed by atoms with Crippen molar-refractivity contribution < 1.29 is 14.2 Å². The molecule has 3 heterocycles. The molecule has 0 spiro atoms. The van der Waals surface area contributed by atoms with Crippen LogP contribution in [-0.2, 0) is 16.0 Å². The molecule has 4 N–H and O–H groups in total. The Morgan fingerprint density at radius 2 is 1.98 bits per heavy atom. The Morgan fingerprint density at radius 3 is 2.73 bits per heavy atom. The number of methoxy groups -OCH3 is 1. The Morgan fingerprint density at radius 1 is 1.15 bits per heavy atom. The van der Waals surface area contributed by atoms with E-state index in [4.69, 9.17) is 25.2 Å². The first-order valence-electron chi connectivity index (χ1n) is 13.0. The second-order valence-electron chi connectivity index (χ2n) is 8.83. The van der Waals surface area contributed by atoms with Crippen LogP contribution in [0, 0.1) is 10.9 Å². The summed E-state index contributed by atoms with van der Waals surface area (Å²) < 4.78 is 16.2. The first-order valence-corrected chi connectivity index (χ1v) is 13.0. The van der Waals surface area contributed by atoms with E-state index in [0.29, 0.717) is 55.0 Å². The molecule has 0 bridgehead atoms. The van der Waals surface area contributed by atoms with Gasteiger partial charge in [0.05, 0.1) is 44.1 Å². The van der Waals surface area contributed by atoms with Crippen LogP contribution in [0.5, 0.6) is 5.75 Å². The average molecular weight is 547 g/mol. The summed E-state index contributed by atoms with van der Waals surface area (Å²) in [6, 6.07) is 7.83. The lowest BCUT2D eigenvalue weighted by atomic mass is 10.1. The van der Waals surface area contributed by atoms with Crippen LogP contribution in [0.2, 0.25) is 0 Å². The molecular weight excluding hydrogens is 512 g/mol. The van der Waals surface area contributed by atoms with E-state index in [9.17, 15) is 0 Å². The summed E-state index contributed by atoms with van der Waals surface area (Å²) in [5, 5.41) is 17.5. The maximum Gasteiger partial charge on any atom is 0.216 e. The molecule has 1 aliphatic rings. The standard InChI is InChI=1S/C27H34N10O3/c1-38-9-5-30-16-22(14-28)24-19-34-27(36-29)26(35-24)31-15-20-3-2-4-21(13-20)25-32-17-23(18-33-25)40-12-8-37-6-10-39-11-7-37/h2-4,13-14,16-19,28-30H,5-12,15H2,1H3,(H,31,35)/b22-16+,28-14?,36-29?. The minimum Gasteiger partial charge on any atom is -0.489 e. The van der Waals surface area contributed by atoms with Crippen molar-refractivity contribution in [1.29, 1.82) is 10.9 Å². The Bertz CT molecular complexity index is 1280. The van der Waals surface area contributed by atoms with Crippen LogP contribution in [0.15, 0.2) is 54.2 Å². The van der Waals surface area contributed by atoms with E-state index in [1.54, 1.807) is 25.7 Å². The van der Waals surface area contributed by atoms with Gasteiger partial charge in [-0.15, -0.1) is 5.11 Å². The van der Waals surface area contributed by atoms with Crippen molar-refractivity contribution in [2.24, 2.45) is 5.11 Å². The van der Waals surface area contributed by atoms with Crippen molar-refractivity contribution >= 4 is 23.4 Å². The summed E-state index contributed by atoms with van der Waals surface area (Å²) in [5.74, 6) is 1.72. The number of aromatic nitrogens is 4. The number of hydrogen-bond acceptors (Lipinski definition) is 13. The van der Waals surface area contributed by atoms with E-state index in [2.05, 4.69) is 40.6 Å². The van der Waals surface area contributed by atoms with E-state index in [0.717, 1.165) is 44.0 Å². The lowest BCUT2D eigenvalue weighted by Gasteiger charge is -2.26. The minimum absolute atomic E-state index is 0.157. The highest BCUT2D eigenvalue weighted by Gasteiger charge is 2.12. The van der Waals surface area contributed by atoms with Gasteiger partial charge in [0.25, 0.3) is 0 Å². The maximum atomic E-state index is 7.74. The van der Waals surface area contributed by atoms with E-state index in [1.165, 1.54) is 12.4 Å². The van der Waals surface area contributed by atoms with Crippen LogP contribution < -0.4 is 15.4 Å². The van der Waals surface area contributed by atoms with Gasteiger partial charge in [-0.3, -0.25) is 4.90 Å². The molecule has 13 heteroatoms. The van der Waals surface area contributed by atoms with Crippen molar-refractivity contribution in [1.82, 2.24) is 30.2 Å². The van der Waals surface area contributed by atoms with Crippen molar-refractivity contribution in [2.45, 2.75) is 6.54 Å². The number of benzene rings is 1. The highest BCUT2D eigenvalue weighted by molar-refractivity contribution is 6.07. The molecule has 0 unspecified atom stereocenters. The molecule has 0 aliphatic carbocycles. The van der Waals surface area contributed by atoms with Gasteiger partial charge < -0.3 is 30.3 Å². The normalized spacial score (nSPS) is 14.0. The Hall–Kier alpha value is -4.33. The molecule has 0 saturated carbocycles. The van der Waals surface area contributed by atoms with Crippen LogP contribution in [-0.4, -0.2) is 90.8 Å². The van der Waals surface area contributed by atoms with Gasteiger partial charge in [0, 0.05) is 63.4 Å². The first kappa shape index (κ1) is 28.7. The van der Waals surface area contributed by atoms with Gasteiger partial charge in [0.2, 0.25) is 5.82 Å². The van der Waals surface area contributed by atoms with Gasteiger partial charge in [-0.1, -0.05) is 18.2 Å². The summed E-state index contributed by atoms with van der Waals surface area (Å²) in [4.78, 5) is 20.1. The molecule has 1 aromatic carbocycles. The van der Waals surface area contributed by atoms with Crippen molar-refractivity contribution in [3.63, 3.8) is 0 Å². The number of anilines is 1. The van der Waals surface area contributed by atoms with Gasteiger partial charge in [0.15, 0.2) is 17.4 Å². The number of morpholine rings is 1. The molecule has 1 fully saturated rings. The summed E-state index contributed by atoms with van der Waals surface area (Å²) in [6.45, 7) is 6.34. The molecule has 4 rings (SSSR count). The summed E-state index contributed by atoms with van der Waals surface area (Å²) in [7, 11) is 1.62. The zero-order valence-electron chi connectivity index (χ0n) is 22.5. The Balaban J connectivity index is 1.37. The number of allylic oxidation sites excluding steroid dienone is 1. The lowest BCUT2D eigenvalue weighted by Crippen LogP contribution is -2.38. The number of rotatable bonds is 15. The molecular formula is C27H34N10O3. The number of nitrogens with one attached hydrogen (secondary N) is 4. The third kappa shape index (κ3) is 8.33. The SMILES string of the molecule is COCCN/C=C(\C=N)c1cnc(N=N)c(NCc2cccc(-c3ncc(OCCN4CCOCC4)cn3)c2)n1. The van der Waals surface area contributed by atoms with E-state index in [-0.39, 0.29) is 5.82 Å². The molecule has 3 aromatic rings. The molecule has 13 nitrogen and oxygen atoms in total. The van der Waals surface area contributed by atoms with Crippen LogP contribution >= 0.6 is 0 Å². The quantitative estimate of drug-likeness (QED) is 0.126. The topological polar surface area (TPSA) is 167 Å². The smallest absolute Gasteiger partial charge is 0.216 e. The molecule has 1 aliphatic heterocycles. The highest BCUT2D eigenvalue weighted by Crippen LogP contribution is 2.24. The zero-order chi connectivity index (χ0) is 28.0. The fourth-order valence-corrected chi connectivity index (χ4v) is 3.92. The van der Waals surface area contributed by atoms with Crippen molar-refractivity contribution in [3.05, 3.63) is 60.3 Å². The monoisotopic (exact) mass is 546 g/mol. The number of hydrogen-bond donors (Lipinski definition) is 4. The predicted octanol–water partition coefficient (Wildman–Crippen LogP) is 3.15. The highest BCUT2D eigenvalue weighted by atomic mass is 16.5. The molecule has 1 saturated heterocycles. The maximum absolute atomic E-state index is 7.74. The van der Waals surface area contributed by atoms with Gasteiger partial charge in [-0.25, -0.2) is 25.5 Å². The molecule has 0 atom stereocenters. The van der Waals surface area contributed by atoms with Gasteiger partial charge >= 0.3 is 0 Å². The second-order valence-corrected chi connectivity index (χ2v) is 8.83. The van der Waals surface area contributed by atoms with E-state index >= 15 is 0 Å². The average Bonchev–Trinajstić information content (AvgIpc) is 3.01. The summed E-state index contributed by atoms with van der Waals surface area (Å²) in [6.07, 6.45) is 7.74. The predicted molar refractivity (Wildman–Crippen MR) is 151 cm³/mol. The van der Waals surface area contributed by atoms with Gasteiger partial charge in [-0.2, -0.15) is 0 Å². The molecule has 0 radical (unpaired) electrons. The Labute approximate surface area is 233 Å². The summed E-state index contributed by atoms with van der Waals surface area (Å²) in [5.41, 5.74) is 10.3.